The number of esters is 1. The summed E-state index contributed by atoms with van der Waals surface area (Å²) in [6.45, 7) is 7.11. The van der Waals surface area contributed by atoms with E-state index >= 15 is 0 Å². The third-order valence-corrected chi connectivity index (χ3v) is 2.16. The van der Waals surface area contributed by atoms with E-state index in [9.17, 15) is 4.79 Å². The molecule has 0 bridgehead atoms. The van der Waals surface area contributed by atoms with Crippen LogP contribution in [0.1, 0.15) is 30.7 Å². The molecule has 1 aromatic rings. The van der Waals surface area contributed by atoms with Gasteiger partial charge in [0.25, 0.3) is 0 Å². The van der Waals surface area contributed by atoms with Crippen molar-refractivity contribution >= 4 is 5.97 Å². The minimum absolute atomic E-state index is 0.185. The predicted octanol–water partition coefficient (Wildman–Crippen LogP) is 1.33. The lowest BCUT2D eigenvalue weighted by atomic mass is 10.4. The predicted molar refractivity (Wildman–Crippen MR) is 58.9 cm³/mol. The van der Waals surface area contributed by atoms with Crippen LogP contribution in [0.4, 0.5) is 0 Å². The minimum Gasteiger partial charge on any atom is -0.466 e. The molecule has 90 valence electrons. The van der Waals surface area contributed by atoms with E-state index in [-0.39, 0.29) is 5.97 Å². The molecule has 1 heterocycles. The van der Waals surface area contributed by atoms with E-state index in [2.05, 4.69) is 10.3 Å². The van der Waals surface area contributed by atoms with Crippen molar-refractivity contribution in [3.05, 3.63) is 17.3 Å². The lowest BCUT2D eigenvalue weighted by molar-refractivity contribution is -0.142. The Bertz CT molecular complexity index is 327. The Kier molecular flexibility index (Phi) is 4.98. The second-order valence-electron chi connectivity index (χ2n) is 3.48. The molecule has 1 N–H and O–H groups in total. The van der Waals surface area contributed by atoms with Gasteiger partial charge in [0.1, 0.15) is 5.76 Å². The zero-order valence-electron chi connectivity index (χ0n) is 10.0. The minimum atomic E-state index is -0.185. The van der Waals surface area contributed by atoms with Gasteiger partial charge in [-0.15, -0.1) is 0 Å². The molecule has 0 aliphatic carbocycles. The first-order chi connectivity index (χ1) is 7.63. The van der Waals surface area contributed by atoms with Crippen molar-refractivity contribution < 1.29 is 13.9 Å². The summed E-state index contributed by atoms with van der Waals surface area (Å²) in [6, 6.07) is 0. The lowest BCUT2D eigenvalue weighted by Crippen LogP contribution is -2.19. The summed E-state index contributed by atoms with van der Waals surface area (Å²) in [5.74, 6) is 1.30. The maximum atomic E-state index is 11.0. The second kappa shape index (κ2) is 6.27. The van der Waals surface area contributed by atoms with E-state index in [0.29, 0.717) is 32.0 Å². The number of ether oxygens (including phenoxy) is 1. The van der Waals surface area contributed by atoms with Crippen molar-refractivity contribution in [3.8, 4) is 0 Å². The number of aryl methyl sites for hydroxylation is 2. The lowest BCUT2D eigenvalue weighted by Gasteiger charge is -2.02. The molecule has 0 saturated carbocycles. The second-order valence-corrected chi connectivity index (χ2v) is 3.48. The zero-order valence-corrected chi connectivity index (χ0v) is 10.0. The van der Waals surface area contributed by atoms with Crippen LogP contribution in [0.5, 0.6) is 0 Å². The number of nitrogens with one attached hydrogen (secondary N) is 1. The highest BCUT2D eigenvalue weighted by molar-refractivity contribution is 5.69. The number of nitrogens with zero attached hydrogens (tertiary/aromatic N) is 1. The Balaban J connectivity index is 2.18. The topological polar surface area (TPSA) is 64.4 Å². The van der Waals surface area contributed by atoms with Gasteiger partial charge in [0.15, 0.2) is 0 Å². The molecular formula is C11H18N2O3. The molecule has 1 aromatic heterocycles. The van der Waals surface area contributed by atoms with Crippen molar-refractivity contribution in [3.63, 3.8) is 0 Å². The van der Waals surface area contributed by atoms with E-state index in [1.807, 2.05) is 13.8 Å². The fourth-order valence-electron chi connectivity index (χ4n) is 1.23. The summed E-state index contributed by atoms with van der Waals surface area (Å²) < 4.78 is 10.2. The van der Waals surface area contributed by atoms with Crippen LogP contribution in [-0.2, 0) is 16.1 Å². The fraction of sp³-hybridized carbons (Fsp3) is 0.636. The van der Waals surface area contributed by atoms with Crippen LogP contribution >= 0.6 is 0 Å². The molecule has 5 nitrogen and oxygen atoms in total. The molecule has 0 aliphatic rings. The maximum Gasteiger partial charge on any atom is 0.307 e. The number of oxazole rings is 1. The first-order valence-corrected chi connectivity index (χ1v) is 5.42. The van der Waals surface area contributed by atoms with Crippen molar-refractivity contribution in [1.29, 1.82) is 0 Å². The molecule has 5 heteroatoms. The molecule has 1 rings (SSSR count). The maximum absolute atomic E-state index is 11.0. The highest BCUT2D eigenvalue weighted by Gasteiger charge is 2.05. The van der Waals surface area contributed by atoms with Crippen molar-refractivity contribution in [2.24, 2.45) is 0 Å². The van der Waals surface area contributed by atoms with E-state index < -0.39 is 0 Å². The van der Waals surface area contributed by atoms with Gasteiger partial charge in [-0.05, 0) is 20.8 Å². The number of aromatic nitrogens is 1. The molecule has 0 radical (unpaired) electrons. The van der Waals surface area contributed by atoms with Gasteiger partial charge in [0.2, 0.25) is 5.89 Å². The quantitative estimate of drug-likeness (QED) is 0.585. The Hall–Kier alpha value is -1.36. The van der Waals surface area contributed by atoms with Gasteiger partial charge in [0.05, 0.1) is 25.3 Å². The average molecular weight is 226 g/mol. The van der Waals surface area contributed by atoms with E-state index in [1.54, 1.807) is 6.92 Å². The number of hydrogen-bond donors (Lipinski definition) is 1. The monoisotopic (exact) mass is 226 g/mol. The Morgan fingerprint density at radius 3 is 2.81 bits per heavy atom. The normalized spacial score (nSPS) is 10.4. The molecule has 0 atom stereocenters. The molecule has 0 unspecified atom stereocenters. The zero-order chi connectivity index (χ0) is 12.0. The van der Waals surface area contributed by atoms with Crippen molar-refractivity contribution in [2.75, 3.05) is 13.2 Å². The van der Waals surface area contributed by atoms with Crippen molar-refractivity contribution in [2.45, 2.75) is 33.7 Å². The summed E-state index contributed by atoms with van der Waals surface area (Å²) in [5, 5.41) is 3.07. The summed E-state index contributed by atoms with van der Waals surface area (Å²) in [5.41, 5.74) is 0.905. The van der Waals surface area contributed by atoms with Crippen LogP contribution in [0.25, 0.3) is 0 Å². The standard InChI is InChI=1S/C11H18N2O3/c1-4-15-11(14)5-6-12-7-10-13-8(2)9(3)16-10/h12H,4-7H2,1-3H3. The number of hydrogen-bond acceptors (Lipinski definition) is 5. The van der Waals surface area contributed by atoms with Gasteiger partial charge in [-0.2, -0.15) is 0 Å². The Morgan fingerprint density at radius 2 is 2.25 bits per heavy atom. The summed E-state index contributed by atoms with van der Waals surface area (Å²) >= 11 is 0. The van der Waals surface area contributed by atoms with E-state index in [1.165, 1.54) is 0 Å². The van der Waals surface area contributed by atoms with E-state index in [0.717, 1.165) is 11.5 Å². The molecular weight excluding hydrogens is 208 g/mol. The molecule has 0 spiro atoms. The SMILES string of the molecule is CCOC(=O)CCNCc1nc(C)c(C)o1. The largest absolute Gasteiger partial charge is 0.466 e. The van der Waals surface area contributed by atoms with E-state index in [4.69, 9.17) is 9.15 Å². The van der Waals surface area contributed by atoms with Crippen LogP contribution in [0.3, 0.4) is 0 Å². The third kappa shape index (κ3) is 4.02. The first-order valence-electron chi connectivity index (χ1n) is 5.42. The van der Waals surface area contributed by atoms with Gasteiger partial charge < -0.3 is 14.5 Å². The van der Waals surface area contributed by atoms with Gasteiger partial charge in [0, 0.05) is 6.54 Å². The molecule has 0 saturated heterocycles. The molecule has 0 aliphatic heterocycles. The number of carbonyl (C=O) groups excluding carboxylic acids is 1. The van der Waals surface area contributed by atoms with Crippen LogP contribution in [0.2, 0.25) is 0 Å². The Labute approximate surface area is 95.2 Å². The molecule has 0 aromatic carbocycles. The third-order valence-electron chi connectivity index (χ3n) is 2.16. The van der Waals surface area contributed by atoms with Crippen LogP contribution in [-0.4, -0.2) is 24.1 Å². The summed E-state index contributed by atoms with van der Waals surface area (Å²) in [4.78, 5) is 15.2. The van der Waals surface area contributed by atoms with Gasteiger partial charge in [-0.3, -0.25) is 4.79 Å². The fourth-order valence-corrected chi connectivity index (χ4v) is 1.23. The summed E-state index contributed by atoms with van der Waals surface area (Å²) in [6.07, 6.45) is 0.368. The molecule has 0 amide bonds. The highest BCUT2D eigenvalue weighted by atomic mass is 16.5. The smallest absolute Gasteiger partial charge is 0.307 e. The summed E-state index contributed by atoms with van der Waals surface area (Å²) in [7, 11) is 0. The number of rotatable bonds is 6. The molecule has 0 fully saturated rings. The Morgan fingerprint density at radius 1 is 1.50 bits per heavy atom. The average Bonchev–Trinajstić information content (AvgIpc) is 2.54. The number of carbonyl (C=O) groups is 1. The molecule has 16 heavy (non-hydrogen) atoms. The van der Waals surface area contributed by atoms with Crippen molar-refractivity contribution in [1.82, 2.24) is 10.3 Å². The van der Waals surface area contributed by atoms with Crippen LogP contribution in [0, 0.1) is 13.8 Å². The van der Waals surface area contributed by atoms with Gasteiger partial charge in [-0.25, -0.2) is 4.98 Å². The van der Waals surface area contributed by atoms with Gasteiger partial charge >= 0.3 is 5.97 Å². The first kappa shape index (κ1) is 12.7. The van der Waals surface area contributed by atoms with Crippen LogP contribution < -0.4 is 5.32 Å². The van der Waals surface area contributed by atoms with Gasteiger partial charge in [-0.1, -0.05) is 0 Å². The van der Waals surface area contributed by atoms with Crippen LogP contribution in [0.15, 0.2) is 4.42 Å². The highest BCUT2D eigenvalue weighted by Crippen LogP contribution is 2.07.